The van der Waals surface area contributed by atoms with E-state index in [2.05, 4.69) is 52.8 Å². The van der Waals surface area contributed by atoms with E-state index in [4.69, 9.17) is 9.84 Å². The number of piperazine rings is 1. The van der Waals surface area contributed by atoms with Gasteiger partial charge in [-0.1, -0.05) is 30.3 Å². The van der Waals surface area contributed by atoms with Gasteiger partial charge in [-0.3, -0.25) is 0 Å². The monoisotopic (exact) mass is 439 g/mol. The van der Waals surface area contributed by atoms with Crippen LogP contribution in [0.5, 0.6) is 5.75 Å². The molecule has 0 saturated carbocycles. The fourth-order valence-electron chi connectivity index (χ4n) is 4.06. The van der Waals surface area contributed by atoms with Gasteiger partial charge in [-0.25, -0.2) is 4.68 Å². The van der Waals surface area contributed by atoms with Gasteiger partial charge in [0.2, 0.25) is 0 Å². The van der Waals surface area contributed by atoms with Crippen molar-refractivity contribution in [1.82, 2.24) is 15.1 Å². The van der Waals surface area contributed by atoms with Crippen molar-refractivity contribution in [2.75, 3.05) is 36.4 Å². The summed E-state index contributed by atoms with van der Waals surface area (Å²) in [6.45, 7) is 6.87. The van der Waals surface area contributed by atoms with Crippen LogP contribution in [-0.4, -0.2) is 36.0 Å². The second-order valence-corrected chi connectivity index (χ2v) is 8.28. The Kier molecular flexibility index (Phi) is 6.26. The van der Waals surface area contributed by atoms with Crippen molar-refractivity contribution in [3.63, 3.8) is 0 Å². The smallest absolute Gasteiger partial charge is 0.152 e. The van der Waals surface area contributed by atoms with E-state index in [1.165, 1.54) is 11.3 Å². The molecule has 3 aromatic carbocycles. The number of anilines is 3. The Morgan fingerprint density at radius 2 is 1.73 bits per heavy atom. The number of benzene rings is 3. The molecule has 0 atom stereocenters. The highest BCUT2D eigenvalue weighted by Gasteiger charge is 2.12. The molecule has 0 aliphatic carbocycles. The Balaban J connectivity index is 1.22. The molecule has 4 aromatic rings. The first kappa shape index (κ1) is 21.1. The summed E-state index contributed by atoms with van der Waals surface area (Å²) < 4.78 is 7.80. The van der Waals surface area contributed by atoms with E-state index < -0.39 is 0 Å². The van der Waals surface area contributed by atoms with Crippen LogP contribution < -0.4 is 20.3 Å². The Morgan fingerprint density at radius 3 is 2.48 bits per heavy atom. The molecule has 1 aromatic heterocycles. The number of aryl methyl sites for hydroxylation is 1. The van der Waals surface area contributed by atoms with Gasteiger partial charge in [0.15, 0.2) is 5.82 Å². The van der Waals surface area contributed by atoms with Gasteiger partial charge < -0.3 is 20.3 Å². The second-order valence-electron chi connectivity index (χ2n) is 8.28. The van der Waals surface area contributed by atoms with E-state index in [-0.39, 0.29) is 0 Å². The van der Waals surface area contributed by atoms with Crippen molar-refractivity contribution < 1.29 is 4.74 Å². The second kappa shape index (κ2) is 9.79. The molecule has 2 N–H and O–H groups in total. The Bertz CT molecular complexity index is 1180. The Labute approximate surface area is 194 Å². The lowest BCUT2D eigenvalue weighted by atomic mass is 10.1. The number of hydrogen-bond donors (Lipinski definition) is 2. The summed E-state index contributed by atoms with van der Waals surface area (Å²) in [5, 5.41) is 11.5. The first-order chi connectivity index (χ1) is 16.2. The summed E-state index contributed by atoms with van der Waals surface area (Å²) in [4.78, 5) is 2.43. The first-order valence-electron chi connectivity index (χ1n) is 11.4. The third-order valence-electron chi connectivity index (χ3n) is 5.87. The van der Waals surface area contributed by atoms with Crippen LogP contribution in [-0.2, 0) is 6.61 Å². The third kappa shape index (κ3) is 5.18. The molecule has 0 unspecified atom stereocenters. The average Bonchev–Trinajstić information content (AvgIpc) is 3.33. The molecule has 33 heavy (non-hydrogen) atoms. The molecule has 5 rings (SSSR count). The van der Waals surface area contributed by atoms with Gasteiger partial charge in [0, 0.05) is 49.8 Å². The Morgan fingerprint density at radius 1 is 0.939 bits per heavy atom. The average molecular weight is 440 g/mol. The highest BCUT2D eigenvalue weighted by molar-refractivity contribution is 5.59. The number of rotatable bonds is 7. The number of aromatic nitrogens is 2. The van der Waals surface area contributed by atoms with Gasteiger partial charge >= 0.3 is 0 Å². The van der Waals surface area contributed by atoms with Crippen LogP contribution in [0.3, 0.4) is 0 Å². The molecule has 0 radical (unpaired) electrons. The molecule has 1 aliphatic heterocycles. The molecule has 168 valence electrons. The molecular formula is C27H29N5O. The molecule has 2 heterocycles. The maximum Gasteiger partial charge on any atom is 0.152 e. The molecule has 1 fully saturated rings. The molecule has 0 bridgehead atoms. The molecule has 6 nitrogen and oxygen atoms in total. The molecular weight excluding hydrogens is 410 g/mol. The number of hydrogen-bond acceptors (Lipinski definition) is 5. The van der Waals surface area contributed by atoms with Gasteiger partial charge in [-0.05, 0) is 60.5 Å². The number of nitrogens with one attached hydrogen (secondary N) is 2. The minimum absolute atomic E-state index is 0.560. The zero-order valence-corrected chi connectivity index (χ0v) is 18.9. The molecule has 1 saturated heterocycles. The number of ether oxygens (including phenoxy) is 1. The summed E-state index contributed by atoms with van der Waals surface area (Å²) in [5.41, 5.74) is 5.70. The summed E-state index contributed by atoms with van der Waals surface area (Å²) in [5.74, 6) is 1.65. The van der Waals surface area contributed by atoms with E-state index in [9.17, 15) is 0 Å². The van der Waals surface area contributed by atoms with Crippen LogP contribution in [0.4, 0.5) is 17.2 Å². The van der Waals surface area contributed by atoms with Crippen LogP contribution in [0.25, 0.3) is 5.69 Å². The summed E-state index contributed by atoms with van der Waals surface area (Å²) in [7, 11) is 0. The zero-order valence-electron chi connectivity index (χ0n) is 18.9. The number of nitrogens with zero attached hydrogens (tertiary/aromatic N) is 3. The summed E-state index contributed by atoms with van der Waals surface area (Å²) in [6.07, 6.45) is 1.99. The summed E-state index contributed by atoms with van der Waals surface area (Å²) in [6, 6.07) is 26.7. The Hall–Kier alpha value is -3.77. The van der Waals surface area contributed by atoms with E-state index in [0.717, 1.165) is 54.7 Å². The normalized spacial score (nSPS) is 13.7. The van der Waals surface area contributed by atoms with Gasteiger partial charge in [-0.2, -0.15) is 5.10 Å². The van der Waals surface area contributed by atoms with Gasteiger partial charge in [-0.15, -0.1) is 0 Å². The SMILES string of the molecule is Cc1cc(N2CCNCC2)ccc1-n1ccc(Nc2ccc(OCc3ccccc3)cc2)n1. The van der Waals surface area contributed by atoms with E-state index >= 15 is 0 Å². The fraction of sp³-hybridized carbons (Fsp3) is 0.222. The van der Waals surface area contributed by atoms with Crippen molar-refractivity contribution in [3.8, 4) is 11.4 Å². The topological polar surface area (TPSA) is 54.3 Å². The minimum Gasteiger partial charge on any atom is -0.489 e. The zero-order chi connectivity index (χ0) is 22.5. The van der Waals surface area contributed by atoms with Crippen molar-refractivity contribution in [3.05, 3.63) is 96.2 Å². The highest BCUT2D eigenvalue weighted by atomic mass is 16.5. The highest BCUT2D eigenvalue weighted by Crippen LogP contribution is 2.24. The maximum absolute atomic E-state index is 5.87. The quantitative estimate of drug-likeness (QED) is 0.428. The predicted octanol–water partition coefficient (Wildman–Crippen LogP) is 4.91. The third-order valence-corrected chi connectivity index (χ3v) is 5.87. The van der Waals surface area contributed by atoms with Crippen molar-refractivity contribution in [2.45, 2.75) is 13.5 Å². The lowest BCUT2D eigenvalue weighted by molar-refractivity contribution is 0.306. The van der Waals surface area contributed by atoms with Crippen LogP contribution >= 0.6 is 0 Å². The first-order valence-corrected chi connectivity index (χ1v) is 11.4. The van der Waals surface area contributed by atoms with Crippen LogP contribution in [0.2, 0.25) is 0 Å². The van der Waals surface area contributed by atoms with Gasteiger partial charge in [0.1, 0.15) is 12.4 Å². The predicted molar refractivity (Wildman–Crippen MR) is 134 cm³/mol. The molecule has 6 heteroatoms. The lowest BCUT2D eigenvalue weighted by Crippen LogP contribution is -2.43. The van der Waals surface area contributed by atoms with E-state index in [1.54, 1.807) is 0 Å². The standard InChI is InChI=1S/C27H29N5O/c1-21-19-24(31-17-14-28-15-18-31)9-12-26(21)32-16-13-27(30-32)29-23-7-10-25(11-8-23)33-20-22-5-3-2-4-6-22/h2-13,16,19,28H,14-15,17-18,20H2,1H3,(H,29,30). The van der Waals surface area contributed by atoms with E-state index in [0.29, 0.717) is 6.61 Å². The van der Waals surface area contributed by atoms with Gasteiger partial charge in [0.05, 0.1) is 5.69 Å². The van der Waals surface area contributed by atoms with Crippen molar-refractivity contribution in [1.29, 1.82) is 0 Å². The van der Waals surface area contributed by atoms with Crippen molar-refractivity contribution in [2.24, 2.45) is 0 Å². The van der Waals surface area contributed by atoms with E-state index in [1.807, 2.05) is 59.4 Å². The molecule has 0 amide bonds. The van der Waals surface area contributed by atoms with Gasteiger partial charge in [0.25, 0.3) is 0 Å². The molecule has 1 aliphatic rings. The van der Waals surface area contributed by atoms with Crippen molar-refractivity contribution >= 4 is 17.2 Å². The lowest BCUT2D eigenvalue weighted by Gasteiger charge is -2.30. The molecule has 0 spiro atoms. The summed E-state index contributed by atoms with van der Waals surface area (Å²) >= 11 is 0. The van der Waals surface area contributed by atoms with Crippen LogP contribution in [0.1, 0.15) is 11.1 Å². The largest absolute Gasteiger partial charge is 0.489 e. The maximum atomic E-state index is 5.87. The minimum atomic E-state index is 0.560. The van der Waals surface area contributed by atoms with Crippen LogP contribution in [0, 0.1) is 6.92 Å². The van der Waals surface area contributed by atoms with Crippen LogP contribution in [0.15, 0.2) is 85.1 Å². The fourth-order valence-corrected chi connectivity index (χ4v) is 4.06.